The van der Waals surface area contributed by atoms with Crippen LogP contribution in [0.3, 0.4) is 0 Å². The molecule has 0 fully saturated rings. The average Bonchev–Trinajstić information content (AvgIpc) is 2.74. The molecule has 2 rings (SSSR count). The van der Waals surface area contributed by atoms with Crippen LogP contribution in [-0.2, 0) is 12.7 Å². The number of halogens is 6. The molecule has 0 aliphatic rings. The highest BCUT2D eigenvalue weighted by Gasteiger charge is 2.37. The Kier molecular flexibility index (Phi) is 3.84. The van der Waals surface area contributed by atoms with E-state index in [4.69, 9.17) is 5.73 Å². The van der Waals surface area contributed by atoms with Gasteiger partial charge in [-0.1, -0.05) is 6.07 Å². The normalized spacial score (nSPS) is 12.7. The van der Waals surface area contributed by atoms with Gasteiger partial charge in [0, 0.05) is 11.3 Å². The molecule has 0 saturated carbocycles. The van der Waals surface area contributed by atoms with E-state index in [-0.39, 0.29) is 11.3 Å². The SMILES string of the molecule is Cc1cc(-c2cc(C(F)(F)F)nn2CC(F)(F)F)ccc1N. The van der Waals surface area contributed by atoms with Gasteiger partial charge >= 0.3 is 12.4 Å². The Morgan fingerprint density at radius 3 is 2.23 bits per heavy atom. The van der Waals surface area contributed by atoms with Crippen molar-refractivity contribution in [3.63, 3.8) is 0 Å². The van der Waals surface area contributed by atoms with Gasteiger partial charge in [0.1, 0.15) is 6.54 Å². The van der Waals surface area contributed by atoms with Gasteiger partial charge in [0.25, 0.3) is 0 Å². The number of hydrogen-bond donors (Lipinski definition) is 1. The number of aromatic nitrogens is 2. The van der Waals surface area contributed by atoms with Crippen molar-refractivity contribution in [2.75, 3.05) is 5.73 Å². The summed E-state index contributed by atoms with van der Waals surface area (Å²) in [5.74, 6) is 0. The van der Waals surface area contributed by atoms with Crippen LogP contribution in [0.4, 0.5) is 32.0 Å². The molecule has 0 aliphatic carbocycles. The number of aryl methyl sites for hydroxylation is 1. The monoisotopic (exact) mass is 323 g/mol. The Bertz CT molecular complexity index is 684. The molecular weight excluding hydrogens is 312 g/mol. The van der Waals surface area contributed by atoms with Gasteiger partial charge < -0.3 is 5.73 Å². The smallest absolute Gasteiger partial charge is 0.399 e. The van der Waals surface area contributed by atoms with Gasteiger partial charge in [-0.15, -0.1) is 0 Å². The number of rotatable bonds is 2. The fraction of sp³-hybridized carbons (Fsp3) is 0.308. The average molecular weight is 323 g/mol. The largest absolute Gasteiger partial charge is 0.435 e. The van der Waals surface area contributed by atoms with Crippen LogP contribution >= 0.6 is 0 Å². The quantitative estimate of drug-likeness (QED) is 0.670. The minimum absolute atomic E-state index is 0.180. The van der Waals surface area contributed by atoms with Gasteiger partial charge in [-0.25, -0.2) is 0 Å². The maximum atomic E-state index is 12.7. The van der Waals surface area contributed by atoms with Gasteiger partial charge in [0.05, 0.1) is 5.69 Å². The van der Waals surface area contributed by atoms with E-state index in [2.05, 4.69) is 5.10 Å². The minimum atomic E-state index is -4.82. The maximum absolute atomic E-state index is 12.7. The highest BCUT2D eigenvalue weighted by Crippen LogP contribution is 2.33. The second-order valence-electron chi connectivity index (χ2n) is 4.76. The van der Waals surface area contributed by atoms with Crippen LogP contribution in [0.1, 0.15) is 11.3 Å². The van der Waals surface area contributed by atoms with Gasteiger partial charge in [0.2, 0.25) is 0 Å². The third-order valence-corrected chi connectivity index (χ3v) is 2.97. The van der Waals surface area contributed by atoms with E-state index in [1.807, 2.05) is 0 Å². The first-order chi connectivity index (χ1) is 9.97. The number of nitrogens with zero attached hydrogens (tertiary/aromatic N) is 2. The molecule has 3 nitrogen and oxygen atoms in total. The van der Waals surface area contributed by atoms with Crippen LogP contribution in [0.5, 0.6) is 0 Å². The fourth-order valence-electron chi connectivity index (χ4n) is 1.91. The van der Waals surface area contributed by atoms with Crippen LogP contribution < -0.4 is 5.73 Å². The number of alkyl halides is 6. The molecule has 0 aliphatic heterocycles. The molecular formula is C13H11F6N3. The summed E-state index contributed by atoms with van der Waals surface area (Å²) in [5, 5.41) is 3.04. The first kappa shape index (κ1) is 16.2. The maximum Gasteiger partial charge on any atom is 0.435 e. The predicted molar refractivity (Wildman–Crippen MR) is 67.9 cm³/mol. The Morgan fingerprint density at radius 1 is 1.09 bits per heavy atom. The van der Waals surface area contributed by atoms with E-state index in [0.29, 0.717) is 22.0 Å². The lowest BCUT2D eigenvalue weighted by Crippen LogP contribution is -2.20. The van der Waals surface area contributed by atoms with Crippen LogP contribution in [-0.4, -0.2) is 16.0 Å². The molecule has 22 heavy (non-hydrogen) atoms. The Hall–Kier alpha value is -2.19. The molecule has 1 aromatic heterocycles. The summed E-state index contributed by atoms with van der Waals surface area (Å²) >= 11 is 0. The van der Waals surface area contributed by atoms with E-state index in [1.165, 1.54) is 18.2 Å². The van der Waals surface area contributed by atoms with E-state index in [1.54, 1.807) is 6.92 Å². The molecule has 0 radical (unpaired) electrons. The first-order valence-electron chi connectivity index (χ1n) is 6.05. The summed E-state index contributed by atoms with van der Waals surface area (Å²) in [5.41, 5.74) is 5.07. The Balaban J connectivity index is 2.56. The molecule has 1 aromatic carbocycles. The molecule has 2 N–H and O–H groups in total. The lowest BCUT2D eigenvalue weighted by Gasteiger charge is -2.11. The van der Waals surface area contributed by atoms with Gasteiger partial charge in [-0.2, -0.15) is 31.4 Å². The van der Waals surface area contributed by atoms with Crippen molar-refractivity contribution in [2.24, 2.45) is 0 Å². The lowest BCUT2D eigenvalue weighted by atomic mass is 10.1. The zero-order valence-electron chi connectivity index (χ0n) is 11.3. The van der Waals surface area contributed by atoms with E-state index < -0.39 is 24.6 Å². The van der Waals surface area contributed by atoms with E-state index in [0.717, 1.165) is 0 Å². The zero-order chi connectivity index (χ0) is 16.7. The van der Waals surface area contributed by atoms with Crippen molar-refractivity contribution in [1.82, 2.24) is 9.78 Å². The summed E-state index contributed by atoms with van der Waals surface area (Å²) in [6.45, 7) is -0.00416. The van der Waals surface area contributed by atoms with Crippen LogP contribution in [0.2, 0.25) is 0 Å². The number of nitrogens with two attached hydrogens (primary N) is 1. The Morgan fingerprint density at radius 2 is 1.73 bits per heavy atom. The van der Waals surface area contributed by atoms with Gasteiger partial charge in [0.15, 0.2) is 5.69 Å². The highest BCUT2D eigenvalue weighted by atomic mass is 19.4. The molecule has 2 aromatic rings. The predicted octanol–water partition coefficient (Wildman–Crippen LogP) is 4.02. The summed E-state index contributed by atoms with van der Waals surface area (Å²) in [6, 6.07) is 4.78. The molecule has 0 bridgehead atoms. The third-order valence-electron chi connectivity index (χ3n) is 2.97. The van der Waals surface area contributed by atoms with Crippen molar-refractivity contribution in [1.29, 1.82) is 0 Å². The van der Waals surface area contributed by atoms with Crippen molar-refractivity contribution >= 4 is 5.69 Å². The van der Waals surface area contributed by atoms with E-state index in [9.17, 15) is 26.3 Å². The second-order valence-corrected chi connectivity index (χ2v) is 4.76. The Labute approximate surface area is 121 Å². The number of anilines is 1. The molecule has 0 saturated heterocycles. The fourth-order valence-corrected chi connectivity index (χ4v) is 1.91. The molecule has 0 atom stereocenters. The van der Waals surface area contributed by atoms with Crippen molar-refractivity contribution in [2.45, 2.75) is 25.8 Å². The summed E-state index contributed by atoms with van der Waals surface area (Å²) < 4.78 is 76.0. The van der Waals surface area contributed by atoms with Crippen LogP contribution in [0, 0.1) is 6.92 Å². The number of benzene rings is 1. The van der Waals surface area contributed by atoms with Gasteiger partial charge in [-0.05, 0) is 30.7 Å². The number of hydrogen-bond acceptors (Lipinski definition) is 2. The van der Waals surface area contributed by atoms with Crippen molar-refractivity contribution in [3.05, 3.63) is 35.5 Å². The molecule has 120 valence electrons. The summed E-state index contributed by atoms with van der Waals surface area (Å²) in [7, 11) is 0. The third kappa shape index (κ3) is 3.52. The highest BCUT2D eigenvalue weighted by molar-refractivity contribution is 5.65. The first-order valence-corrected chi connectivity index (χ1v) is 6.05. The molecule has 0 unspecified atom stereocenters. The standard InChI is InChI=1S/C13H11F6N3/c1-7-4-8(2-3-9(7)20)10-5-11(13(17,18)19)21-22(10)6-12(14,15)16/h2-5H,6,20H2,1H3. The summed E-state index contributed by atoms with van der Waals surface area (Å²) in [6.07, 6.45) is -9.51. The van der Waals surface area contributed by atoms with Crippen molar-refractivity contribution < 1.29 is 26.3 Å². The molecule has 0 spiro atoms. The zero-order valence-corrected chi connectivity index (χ0v) is 11.3. The topological polar surface area (TPSA) is 43.8 Å². The van der Waals surface area contributed by atoms with Crippen LogP contribution in [0.25, 0.3) is 11.3 Å². The van der Waals surface area contributed by atoms with Crippen LogP contribution in [0.15, 0.2) is 24.3 Å². The molecule has 1 heterocycles. The van der Waals surface area contributed by atoms with Crippen molar-refractivity contribution in [3.8, 4) is 11.3 Å². The summed E-state index contributed by atoms with van der Waals surface area (Å²) in [4.78, 5) is 0. The second kappa shape index (κ2) is 5.22. The molecule has 9 heteroatoms. The minimum Gasteiger partial charge on any atom is -0.399 e. The molecule has 0 amide bonds. The van der Waals surface area contributed by atoms with E-state index >= 15 is 0 Å². The lowest BCUT2D eigenvalue weighted by molar-refractivity contribution is -0.148. The van der Waals surface area contributed by atoms with Gasteiger partial charge in [-0.3, -0.25) is 4.68 Å². The number of nitrogen functional groups attached to an aromatic ring is 1.